The molecule has 3 nitrogen and oxygen atoms in total. The van der Waals surface area contributed by atoms with Crippen LogP contribution in [0.5, 0.6) is 11.6 Å². The highest BCUT2D eigenvalue weighted by atomic mass is 16.5. The number of aryl methyl sites for hydroxylation is 1. The van der Waals surface area contributed by atoms with Gasteiger partial charge in [-0.15, -0.1) is 0 Å². The second-order valence-corrected chi connectivity index (χ2v) is 3.53. The van der Waals surface area contributed by atoms with Gasteiger partial charge in [-0.25, -0.2) is 4.98 Å². The molecule has 0 bridgehead atoms. The normalized spacial score (nSPS) is 10.1. The van der Waals surface area contributed by atoms with Gasteiger partial charge in [-0.05, 0) is 30.2 Å². The van der Waals surface area contributed by atoms with Crippen LogP contribution in [0.3, 0.4) is 0 Å². The Balaban J connectivity index is 2.14. The molecule has 2 aromatic rings. The first kappa shape index (κ1) is 10.5. The highest BCUT2D eigenvalue weighted by molar-refractivity contribution is 5.41. The molecule has 82 valence electrons. The van der Waals surface area contributed by atoms with Gasteiger partial charge in [0, 0.05) is 18.0 Å². The van der Waals surface area contributed by atoms with Crippen molar-refractivity contribution < 1.29 is 4.74 Å². The molecule has 1 aromatic carbocycles. The smallest absolute Gasteiger partial charge is 0.221 e. The van der Waals surface area contributed by atoms with Crippen molar-refractivity contribution in [3.05, 3.63) is 48.2 Å². The number of hydrogen-bond donors (Lipinski definition) is 1. The van der Waals surface area contributed by atoms with Gasteiger partial charge in [-0.3, -0.25) is 0 Å². The highest BCUT2D eigenvalue weighted by Gasteiger charge is 1.98. The third-order valence-corrected chi connectivity index (χ3v) is 2.31. The molecular weight excluding hydrogens is 200 g/mol. The van der Waals surface area contributed by atoms with Crippen molar-refractivity contribution >= 4 is 5.69 Å². The van der Waals surface area contributed by atoms with E-state index < -0.39 is 0 Å². The molecule has 0 amide bonds. The lowest BCUT2D eigenvalue weighted by Crippen LogP contribution is -1.90. The molecule has 0 aliphatic carbocycles. The minimum atomic E-state index is 0.518. The lowest BCUT2D eigenvalue weighted by molar-refractivity contribution is 0.463. The molecule has 0 atom stereocenters. The number of nitrogens with zero attached hydrogens (tertiary/aromatic N) is 1. The van der Waals surface area contributed by atoms with Crippen molar-refractivity contribution in [2.75, 3.05) is 5.73 Å². The van der Waals surface area contributed by atoms with Crippen molar-refractivity contribution in [3.63, 3.8) is 0 Å². The van der Waals surface area contributed by atoms with Crippen molar-refractivity contribution in [2.45, 2.75) is 13.3 Å². The van der Waals surface area contributed by atoms with Crippen molar-refractivity contribution in [1.82, 2.24) is 4.98 Å². The van der Waals surface area contributed by atoms with E-state index in [2.05, 4.69) is 11.9 Å². The highest BCUT2D eigenvalue weighted by Crippen LogP contribution is 2.21. The van der Waals surface area contributed by atoms with Crippen LogP contribution in [-0.2, 0) is 6.42 Å². The maximum Gasteiger partial charge on any atom is 0.221 e. The van der Waals surface area contributed by atoms with E-state index in [1.165, 1.54) is 5.56 Å². The zero-order valence-electron chi connectivity index (χ0n) is 9.18. The summed E-state index contributed by atoms with van der Waals surface area (Å²) in [7, 11) is 0. The largest absolute Gasteiger partial charge is 0.439 e. The Morgan fingerprint density at radius 2 is 1.94 bits per heavy atom. The van der Waals surface area contributed by atoms with Crippen LogP contribution in [-0.4, -0.2) is 4.98 Å². The summed E-state index contributed by atoms with van der Waals surface area (Å²) >= 11 is 0. The van der Waals surface area contributed by atoms with Gasteiger partial charge in [0.25, 0.3) is 0 Å². The van der Waals surface area contributed by atoms with E-state index >= 15 is 0 Å². The Morgan fingerprint density at radius 3 is 2.56 bits per heavy atom. The third-order valence-electron chi connectivity index (χ3n) is 2.31. The topological polar surface area (TPSA) is 48.1 Å². The Morgan fingerprint density at radius 1 is 1.19 bits per heavy atom. The summed E-state index contributed by atoms with van der Waals surface area (Å²) in [5, 5.41) is 0. The zero-order chi connectivity index (χ0) is 11.4. The fourth-order valence-electron chi connectivity index (χ4n) is 1.39. The maximum absolute atomic E-state index is 5.64. The molecule has 0 unspecified atom stereocenters. The number of hydrogen-bond acceptors (Lipinski definition) is 3. The first-order valence-corrected chi connectivity index (χ1v) is 5.26. The third kappa shape index (κ3) is 2.51. The zero-order valence-corrected chi connectivity index (χ0v) is 9.18. The first-order valence-electron chi connectivity index (χ1n) is 5.26. The average Bonchev–Trinajstić information content (AvgIpc) is 2.30. The minimum Gasteiger partial charge on any atom is -0.439 e. The standard InChI is InChI=1S/C13H14N2O/c1-2-10-3-5-12(6-4-10)16-13-9-11(14)7-8-15-13/h3-9H,2H2,1H3,(H2,14,15). The van der Waals surface area contributed by atoms with Gasteiger partial charge in [0.1, 0.15) is 5.75 Å². The van der Waals surface area contributed by atoms with Crippen LogP contribution in [0.4, 0.5) is 5.69 Å². The van der Waals surface area contributed by atoms with Gasteiger partial charge in [0.15, 0.2) is 0 Å². The number of benzene rings is 1. The van der Waals surface area contributed by atoms with Gasteiger partial charge in [-0.1, -0.05) is 19.1 Å². The molecular formula is C13H14N2O. The number of rotatable bonds is 3. The minimum absolute atomic E-state index is 0.518. The quantitative estimate of drug-likeness (QED) is 0.854. The molecule has 0 fully saturated rings. The predicted molar refractivity (Wildman–Crippen MR) is 64.5 cm³/mol. The van der Waals surface area contributed by atoms with Crippen LogP contribution < -0.4 is 10.5 Å². The molecule has 0 aliphatic heterocycles. The van der Waals surface area contributed by atoms with Gasteiger partial charge in [-0.2, -0.15) is 0 Å². The fraction of sp³-hybridized carbons (Fsp3) is 0.154. The fourth-order valence-corrected chi connectivity index (χ4v) is 1.39. The van der Waals surface area contributed by atoms with Crippen molar-refractivity contribution in [1.29, 1.82) is 0 Å². The number of nitrogen functional groups attached to an aromatic ring is 1. The van der Waals surface area contributed by atoms with E-state index in [1.54, 1.807) is 18.3 Å². The van der Waals surface area contributed by atoms with E-state index in [4.69, 9.17) is 10.5 Å². The molecule has 0 saturated heterocycles. The summed E-state index contributed by atoms with van der Waals surface area (Å²) in [4.78, 5) is 4.08. The number of pyridine rings is 1. The number of aromatic nitrogens is 1. The Kier molecular flexibility index (Phi) is 3.05. The van der Waals surface area contributed by atoms with E-state index in [-0.39, 0.29) is 0 Å². The molecule has 0 spiro atoms. The SMILES string of the molecule is CCc1ccc(Oc2cc(N)ccn2)cc1. The Hall–Kier alpha value is -2.03. The maximum atomic E-state index is 5.64. The summed E-state index contributed by atoms with van der Waals surface area (Å²) in [6.45, 7) is 2.12. The summed E-state index contributed by atoms with van der Waals surface area (Å²) in [6.07, 6.45) is 2.65. The molecule has 3 heteroatoms. The van der Waals surface area contributed by atoms with E-state index in [0.717, 1.165) is 12.2 Å². The molecule has 0 saturated carbocycles. The lowest BCUT2D eigenvalue weighted by Gasteiger charge is -2.05. The molecule has 0 radical (unpaired) electrons. The summed E-state index contributed by atoms with van der Waals surface area (Å²) in [6, 6.07) is 11.4. The van der Waals surface area contributed by atoms with Crippen LogP contribution in [0, 0.1) is 0 Å². The van der Waals surface area contributed by atoms with Crippen molar-refractivity contribution in [3.8, 4) is 11.6 Å². The summed E-state index contributed by atoms with van der Waals surface area (Å²) in [5.74, 6) is 1.29. The van der Waals surface area contributed by atoms with Gasteiger partial charge >= 0.3 is 0 Å². The molecule has 16 heavy (non-hydrogen) atoms. The summed E-state index contributed by atoms with van der Waals surface area (Å²) < 4.78 is 5.57. The van der Waals surface area contributed by atoms with Crippen LogP contribution in [0.15, 0.2) is 42.6 Å². The van der Waals surface area contributed by atoms with Gasteiger partial charge in [0.05, 0.1) is 0 Å². The number of anilines is 1. The van der Waals surface area contributed by atoms with Crippen LogP contribution in [0.2, 0.25) is 0 Å². The average molecular weight is 214 g/mol. The lowest BCUT2D eigenvalue weighted by atomic mass is 10.2. The molecule has 2 rings (SSSR count). The monoisotopic (exact) mass is 214 g/mol. The second kappa shape index (κ2) is 4.66. The second-order valence-electron chi connectivity index (χ2n) is 3.53. The van der Waals surface area contributed by atoms with Crippen LogP contribution in [0.1, 0.15) is 12.5 Å². The molecule has 1 aromatic heterocycles. The number of nitrogens with two attached hydrogens (primary N) is 1. The number of ether oxygens (including phenoxy) is 1. The van der Waals surface area contributed by atoms with Crippen LogP contribution in [0.25, 0.3) is 0 Å². The Labute approximate surface area is 94.9 Å². The molecule has 0 aliphatic rings. The first-order chi connectivity index (χ1) is 7.78. The van der Waals surface area contributed by atoms with Gasteiger partial charge < -0.3 is 10.5 Å². The predicted octanol–water partition coefficient (Wildman–Crippen LogP) is 3.02. The van der Waals surface area contributed by atoms with E-state index in [0.29, 0.717) is 11.6 Å². The molecule has 2 N–H and O–H groups in total. The van der Waals surface area contributed by atoms with E-state index in [1.807, 2.05) is 24.3 Å². The van der Waals surface area contributed by atoms with E-state index in [9.17, 15) is 0 Å². The van der Waals surface area contributed by atoms with Gasteiger partial charge in [0.2, 0.25) is 5.88 Å². The van der Waals surface area contributed by atoms with Crippen molar-refractivity contribution in [2.24, 2.45) is 0 Å². The summed E-state index contributed by atoms with van der Waals surface area (Å²) in [5.41, 5.74) is 7.57. The van der Waals surface area contributed by atoms with Crippen LogP contribution >= 0.6 is 0 Å². The Bertz CT molecular complexity index is 466. The molecule has 1 heterocycles.